The predicted octanol–water partition coefficient (Wildman–Crippen LogP) is 4.43. The number of hydrogen-bond donors (Lipinski definition) is 2. The van der Waals surface area contributed by atoms with Gasteiger partial charge in [0, 0.05) is 18.3 Å². The van der Waals surface area contributed by atoms with Gasteiger partial charge < -0.3 is 15.5 Å². The first-order valence-corrected chi connectivity index (χ1v) is 10.6. The van der Waals surface area contributed by atoms with Gasteiger partial charge in [0.1, 0.15) is 0 Å². The highest BCUT2D eigenvalue weighted by Crippen LogP contribution is 2.30. The second-order valence-electron chi connectivity index (χ2n) is 7.24. The lowest BCUT2D eigenvalue weighted by Crippen LogP contribution is -2.45. The minimum Gasteiger partial charge on any atom is -0.338 e. The summed E-state index contributed by atoms with van der Waals surface area (Å²) in [6, 6.07) is 4.93. The van der Waals surface area contributed by atoms with Crippen LogP contribution >= 0.6 is 11.8 Å². The van der Waals surface area contributed by atoms with E-state index in [0.717, 1.165) is 38.1 Å². The van der Waals surface area contributed by atoms with Crippen molar-refractivity contribution in [2.45, 2.75) is 37.9 Å². The number of anilines is 1. The van der Waals surface area contributed by atoms with E-state index in [0.29, 0.717) is 18.5 Å². The third-order valence-corrected chi connectivity index (χ3v) is 6.40. The van der Waals surface area contributed by atoms with Crippen LogP contribution in [-0.4, -0.2) is 48.1 Å². The highest BCUT2D eigenvalue weighted by Gasteiger charge is 2.30. The second-order valence-corrected chi connectivity index (χ2v) is 8.46. The van der Waals surface area contributed by atoms with E-state index < -0.39 is 17.8 Å². The van der Waals surface area contributed by atoms with Crippen LogP contribution in [-0.2, 0) is 6.18 Å². The van der Waals surface area contributed by atoms with Crippen LogP contribution in [0.25, 0.3) is 0 Å². The van der Waals surface area contributed by atoms with Crippen LogP contribution in [0.2, 0.25) is 0 Å². The van der Waals surface area contributed by atoms with Crippen LogP contribution in [0.3, 0.4) is 0 Å². The smallest absolute Gasteiger partial charge is 0.338 e. The number of nitrogens with one attached hydrogen (secondary N) is 2. The van der Waals surface area contributed by atoms with Crippen molar-refractivity contribution >= 4 is 23.5 Å². The molecule has 8 heteroatoms. The number of halogens is 3. The zero-order chi connectivity index (χ0) is 19.3. The zero-order valence-electron chi connectivity index (χ0n) is 15.2. The van der Waals surface area contributed by atoms with E-state index in [4.69, 9.17) is 0 Å². The highest BCUT2D eigenvalue weighted by atomic mass is 32.2. The molecule has 1 aromatic rings. The standard InChI is InChI=1S/C19H26F3N3OS/c20-19(21,22)15-2-1-3-16(12-15)24-18(26)23-13-14-4-8-25(9-5-14)17-6-10-27-11-7-17/h1-3,12,14,17H,4-11,13H2,(H2,23,24,26). The Labute approximate surface area is 162 Å². The van der Waals surface area contributed by atoms with E-state index in [1.807, 2.05) is 11.8 Å². The van der Waals surface area contributed by atoms with Crippen LogP contribution in [0, 0.1) is 5.92 Å². The SMILES string of the molecule is O=C(NCC1CCN(C2CCSCC2)CC1)Nc1cccc(C(F)(F)F)c1. The summed E-state index contributed by atoms with van der Waals surface area (Å²) in [6.07, 6.45) is 0.222. The summed E-state index contributed by atoms with van der Waals surface area (Å²) < 4.78 is 38.2. The molecular weight excluding hydrogens is 375 g/mol. The number of likely N-dealkylation sites (tertiary alicyclic amines) is 1. The van der Waals surface area contributed by atoms with Gasteiger partial charge in [0.15, 0.2) is 0 Å². The van der Waals surface area contributed by atoms with Gasteiger partial charge in [0.05, 0.1) is 5.56 Å². The van der Waals surface area contributed by atoms with Gasteiger partial charge >= 0.3 is 12.2 Å². The van der Waals surface area contributed by atoms with Crippen molar-refractivity contribution in [2.24, 2.45) is 5.92 Å². The van der Waals surface area contributed by atoms with Crippen molar-refractivity contribution in [1.29, 1.82) is 0 Å². The van der Waals surface area contributed by atoms with Crippen molar-refractivity contribution in [3.8, 4) is 0 Å². The first-order valence-electron chi connectivity index (χ1n) is 9.46. The summed E-state index contributed by atoms with van der Waals surface area (Å²) in [7, 11) is 0. The quantitative estimate of drug-likeness (QED) is 0.784. The number of amides is 2. The topological polar surface area (TPSA) is 44.4 Å². The molecule has 0 radical (unpaired) electrons. The van der Waals surface area contributed by atoms with Crippen LogP contribution in [0.1, 0.15) is 31.2 Å². The molecule has 1 aromatic carbocycles. The van der Waals surface area contributed by atoms with E-state index in [1.165, 1.54) is 36.5 Å². The van der Waals surface area contributed by atoms with E-state index >= 15 is 0 Å². The summed E-state index contributed by atoms with van der Waals surface area (Å²) in [5.74, 6) is 2.93. The number of thioether (sulfide) groups is 1. The summed E-state index contributed by atoms with van der Waals surface area (Å²) in [4.78, 5) is 14.6. The van der Waals surface area contributed by atoms with E-state index in [1.54, 1.807) is 0 Å². The normalized spacial score (nSPS) is 20.4. The molecule has 0 spiro atoms. The molecule has 2 aliphatic rings. The summed E-state index contributed by atoms with van der Waals surface area (Å²) >= 11 is 2.03. The third-order valence-electron chi connectivity index (χ3n) is 5.36. The molecule has 4 nitrogen and oxygen atoms in total. The Morgan fingerprint density at radius 2 is 1.85 bits per heavy atom. The minimum atomic E-state index is -4.42. The van der Waals surface area contributed by atoms with Gasteiger partial charge in [0.25, 0.3) is 0 Å². The van der Waals surface area contributed by atoms with Gasteiger partial charge in [-0.2, -0.15) is 24.9 Å². The van der Waals surface area contributed by atoms with Crippen LogP contribution in [0.5, 0.6) is 0 Å². The molecule has 0 saturated carbocycles. The predicted molar refractivity (Wildman–Crippen MR) is 103 cm³/mol. The van der Waals surface area contributed by atoms with Gasteiger partial charge in [-0.15, -0.1) is 0 Å². The van der Waals surface area contributed by atoms with E-state index in [9.17, 15) is 18.0 Å². The first kappa shape index (κ1) is 20.3. The van der Waals surface area contributed by atoms with Gasteiger partial charge in [-0.1, -0.05) is 6.07 Å². The maximum atomic E-state index is 12.7. The van der Waals surface area contributed by atoms with Crippen molar-refractivity contribution in [1.82, 2.24) is 10.2 Å². The Balaban J connectivity index is 1.40. The molecule has 0 atom stereocenters. The lowest BCUT2D eigenvalue weighted by molar-refractivity contribution is -0.137. The molecule has 2 fully saturated rings. The number of nitrogens with zero attached hydrogens (tertiary/aromatic N) is 1. The molecular formula is C19H26F3N3OS. The number of alkyl halides is 3. The van der Waals surface area contributed by atoms with Gasteiger partial charge in [-0.3, -0.25) is 0 Å². The molecule has 0 aromatic heterocycles. The first-order chi connectivity index (χ1) is 12.9. The van der Waals surface area contributed by atoms with Gasteiger partial charge in [-0.25, -0.2) is 4.79 Å². The fourth-order valence-electron chi connectivity index (χ4n) is 3.76. The molecule has 2 aliphatic heterocycles. The number of carbonyl (C=O) groups is 1. The third kappa shape index (κ3) is 6.04. The molecule has 2 saturated heterocycles. The Kier molecular flexibility index (Phi) is 6.92. The van der Waals surface area contributed by atoms with Crippen molar-refractivity contribution in [3.05, 3.63) is 29.8 Å². The molecule has 0 bridgehead atoms. The van der Waals surface area contributed by atoms with Crippen molar-refractivity contribution in [2.75, 3.05) is 36.5 Å². The largest absolute Gasteiger partial charge is 0.416 e. The Bertz CT molecular complexity index is 627. The fourth-order valence-corrected chi connectivity index (χ4v) is 4.84. The molecule has 150 valence electrons. The maximum Gasteiger partial charge on any atom is 0.416 e. The van der Waals surface area contributed by atoms with Crippen LogP contribution in [0.4, 0.5) is 23.7 Å². The van der Waals surface area contributed by atoms with Crippen molar-refractivity contribution in [3.63, 3.8) is 0 Å². The average molecular weight is 401 g/mol. The Hall–Kier alpha value is -1.41. The minimum absolute atomic E-state index is 0.146. The molecule has 0 unspecified atom stereocenters. The summed E-state index contributed by atoms with van der Waals surface area (Å²) in [5.41, 5.74) is -0.624. The van der Waals surface area contributed by atoms with Gasteiger partial charge in [-0.05, 0) is 74.4 Å². The monoisotopic (exact) mass is 401 g/mol. The molecule has 3 rings (SSSR count). The number of piperidine rings is 1. The number of benzene rings is 1. The van der Waals surface area contributed by atoms with E-state index in [2.05, 4.69) is 15.5 Å². The number of hydrogen-bond acceptors (Lipinski definition) is 3. The van der Waals surface area contributed by atoms with Crippen molar-refractivity contribution < 1.29 is 18.0 Å². The highest BCUT2D eigenvalue weighted by molar-refractivity contribution is 7.99. The molecule has 0 aliphatic carbocycles. The Morgan fingerprint density at radius 1 is 1.15 bits per heavy atom. The summed E-state index contributed by atoms with van der Waals surface area (Å²) in [6.45, 7) is 2.69. The lowest BCUT2D eigenvalue weighted by atomic mass is 9.94. The van der Waals surface area contributed by atoms with Crippen LogP contribution < -0.4 is 10.6 Å². The number of urea groups is 1. The number of rotatable bonds is 4. The van der Waals surface area contributed by atoms with Gasteiger partial charge in [0.2, 0.25) is 0 Å². The molecule has 2 N–H and O–H groups in total. The fraction of sp³-hybridized carbons (Fsp3) is 0.632. The lowest BCUT2D eigenvalue weighted by Gasteiger charge is -2.39. The molecule has 2 amide bonds. The Morgan fingerprint density at radius 3 is 2.52 bits per heavy atom. The molecule has 27 heavy (non-hydrogen) atoms. The molecule has 2 heterocycles. The summed E-state index contributed by atoms with van der Waals surface area (Å²) in [5, 5.41) is 5.29. The zero-order valence-corrected chi connectivity index (χ0v) is 16.0. The van der Waals surface area contributed by atoms with Crippen LogP contribution in [0.15, 0.2) is 24.3 Å². The van der Waals surface area contributed by atoms with E-state index in [-0.39, 0.29) is 5.69 Å². The second kappa shape index (κ2) is 9.19. The number of carbonyl (C=O) groups excluding carboxylic acids is 1. The average Bonchev–Trinajstić information content (AvgIpc) is 2.67. The maximum absolute atomic E-state index is 12.7.